The molecule has 1 aliphatic rings. The molecular formula is C17H22N2. The third-order valence-electron chi connectivity index (χ3n) is 4.42. The minimum Gasteiger partial charge on any atom is -0.382 e. The maximum Gasteiger partial charge on any atom is 0.0423 e. The van der Waals surface area contributed by atoms with Gasteiger partial charge in [0.2, 0.25) is 0 Å². The highest BCUT2D eigenvalue weighted by Crippen LogP contribution is 2.30. The van der Waals surface area contributed by atoms with Gasteiger partial charge < -0.3 is 5.32 Å². The third-order valence-corrected chi connectivity index (χ3v) is 4.42. The lowest BCUT2D eigenvalue weighted by Crippen LogP contribution is -2.27. The Morgan fingerprint density at radius 2 is 2.00 bits per heavy atom. The van der Waals surface area contributed by atoms with Gasteiger partial charge in [0.15, 0.2) is 0 Å². The molecule has 100 valence electrons. The highest BCUT2D eigenvalue weighted by Gasteiger charge is 2.20. The van der Waals surface area contributed by atoms with Gasteiger partial charge in [-0.05, 0) is 37.8 Å². The lowest BCUT2D eigenvalue weighted by atomic mass is 9.84. The maximum atomic E-state index is 4.20. The lowest BCUT2D eigenvalue weighted by Gasteiger charge is -2.29. The molecule has 1 atom stereocenters. The summed E-state index contributed by atoms with van der Waals surface area (Å²) in [5.41, 5.74) is 1.25. The predicted octanol–water partition coefficient (Wildman–Crippen LogP) is 4.62. The summed E-state index contributed by atoms with van der Waals surface area (Å²) in [7, 11) is 0. The Bertz CT molecular complexity index is 538. The Labute approximate surface area is 115 Å². The minimum atomic E-state index is 0.555. The van der Waals surface area contributed by atoms with Crippen LogP contribution >= 0.6 is 0 Å². The number of hydrogen-bond donors (Lipinski definition) is 1. The van der Waals surface area contributed by atoms with Gasteiger partial charge in [0.25, 0.3) is 0 Å². The smallest absolute Gasteiger partial charge is 0.0423 e. The number of fused-ring (bicyclic) bond motifs is 1. The van der Waals surface area contributed by atoms with Crippen LogP contribution in [0.5, 0.6) is 0 Å². The van der Waals surface area contributed by atoms with Gasteiger partial charge in [-0.2, -0.15) is 0 Å². The number of pyridine rings is 1. The monoisotopic (exact) mass is 254 g/mol. The number of nitrogens with one attached hydrogen (secondary N) is 1. The molecule has 1 aromatic heterocycles. The highest BCUT2D eigenvalue weighted by atomic mass is 14.9. The van der Waals surface area contributed by atoms with Crippen LogP contribution in [0.15, 0.2) is 36.7 Å². The maximum absolute atomic E-state index is 4.20. The fourth-order valence-electron chi connectivity index (χ4n) is 3.25. The van der Waals surface area contributed by atoms with E-state index in [0.717, 1.165) is 5.92 Å². The van der Waals surface area contributed by atoms with Gasteiger partial charge in [0.1, 0.15) is 0 Å². The summed E-state index contributed by atoms with van der Waals surface area (Å²) in [5.74, 6) is 0.825. The Hall–Kier alpha value is -1.57. The first-order valence-corrected chi connectivity index (χ1v) is 7.44. The molecule has 2 nitrogen and oxygen atoms in total. The van der Waals surface area contributed by atoms with Crippen molar-refractivity contribution in [1.29, 1.82) is 0 Å². The molecule has 1 saturated carbocycles. The molecule has 1 heterocycles. The number of nitrogens with zero attached hydrogens (tertiary/aromatic N) is 1. The molecule has 0 aliphatic heterocycles. The zero-order valence-electron chi connectivity index (χ0n) is 11.6. The summed E-state index contributed by atoms with van der Waals surface area (Å²) >= 11 is 0. The van der Waals surface area contributed by atoms with E-state index in [1.54, 1.807) is 0 Å². The predicted molar refractivity (Wildman–Crippen MR) is 81.4 cm³/mol. The van der Waals surface area contributed by atoms with Crippen LogP contribution in [-0.4, -0.2) is 11.0 Å². The second-order valence-corrected chi connectivity index (χ2v) is 5.73. The highest BCUT2D eigenvalue weighted by molar-refractivity contribution is 5.93. The Kier molecular flexibility index (Phi) is 3.67. The fraction of sp³-hybridized carbons (Fsp3) is 0.471. The van der Waals surface area contributed by atoms with E-state index in [1.807, 2.05) is 12.4 Å². The number of benzene rings is 1. The summed E-state index contributed by atoms with van der Waals surface area (Å²) in [4.78, 5) is 4.20. The molecule has 0 amide bonds. The van der Waals surface area contributed by atoms with Crippen molar-refractivity contribution in [2.45, 2.75) is 45.1 Å². The molecular weight excluding hydrogens is 232 g/mol. The van der Waals surface area contributed by atoms with Gasteiger partial charge >= 0.3 is 0 Å². The largest absolute Gasteiger partial charge is 0.382 e. The molecule has 0 bridgehead atoms. The SMILES string of the molecule is CC(Nc1cccc2cnccc12)C1CCCCC1. The summed E-state index contributed by atoms with van der Waals surface area (Å²) in [5, 5.41) is 6.22. The van der Waals surface area contributed by atoms with Crippen molar-refractivity contribution in [3.8, 4) is 0 Å². The molecule has 0 spiro atoms. The van der Waals surface area contributed by atoms with Crippen LogP contribution in [0.25, 0.3) is 10.8 Å². The van der Waals surface area contributed by atoms with Crippen molar-refractivity contribution < 1.29 is 0 Å². The molecule has 3 rings (SSSR count). The van der Waals surface area contributed by atoms with Crippen molar-refractivity contribution in [1.82, 2.24) is 4.98 Å². The van der Waals surface area contributed by atoms with Crippen molar-refractivity contribution in [2.24, 2.45) is 5.92 Å². The molecule has 1 unspecified atom stereocenters. The molecule has 2 aromatic rings. The minimum absolute atomic E-state index is 0.555. The molecule has 1 aromatic carbocycles. The van der Waals surface area contributed by atoms with E-state index in [4.69, 9.17) is 0 Å². The molecule has 19 heavy (non-hydrogen) atoms. The number of hydrogen-bond acceptors (Lipinski definition) is 2. The Morgan fingerprint density at radius 3 is 2.84 bits per heavy atom. The second-order valence-electron chi connectivity index (χ2n) is 5.73. The van der Waals surface area contributed by atoms with E-state index < -0.39 is 0 Å². The topological polar surface area (TPSA) is 24.9 Å². The number of rotatable bonds is 3. The van der Waals surface area contributed by atoms with Gasteiger partial charge in [0, 0.05) is 34.9 Å². The second kappa shape index (κ2) is 5.60. The molecule has 0 saturated heterocycles. The number of anilines is 1. The first-order chi connectivity index (χ1) is 9.34. The summed E-state index contributed by atoms with van der Waals surface area (Å²) < 4.78 is 0. The standard InChI is InChI=1S/C17H22N2/c1-13(14-6-3-2-4-7-14)19-17-9-5-8-15-12-18-11-10-16(15)17/h5,8-14,19H,2-4,6-7H2,1H3. The fourth-order valence-corrected chi connectivity index (χ4v) is 3.25. The van der Waals surface area contributed by atoms with Crippen LogP contribution < -0.4 is 5.32 Å². The normalized spacial score (nSPS) is 18.4. The van der Waals surface area contributed by atoms with Gasteiger partial charge in [-0.15, -0.1) is 0 Å². The quantitative estimate of drug-likeness (QED) is 0.864. The van der Waals surface area contributed by atoms with Crippen LogP contribution in [-0.2, 0) is 0 Å². The van der Waals surface area contributed by atoms with Gasteiger partial charge in [-0.25, -0.2) is 0 Å². The van der Waals surface area contributed by atoms with Crippen molar-refractivity contribution in [2.75, 3.05) is 5.32 Å². The van der Waals surface area contributed by atoms with Crippen LogP contribution in [0, 0.1) is 5.92 Å². The number of aromatic nitrogens is 1. The zero-order chi connectivity index (χ0) is 13.1. The third kappa shape index (κ3) is 2.73. The van der Waals surface area contributed by atoms with E-state index >= 15 is 0 Å². The van der Waals surface area contributed by atoms with Crippen LogP contribution in [0.2, 0.25) is 0 Å². The summed E-state index contributed by atoms with van der Waals surface area (Å²) in [6, 6.07) is 9.07. The van der Waals surface area contributed by atoms with Crippen molar-refractivity contribution in [3.63, 3.8) is 0 Å². The van der Waals surface area contributed by atoms with Crippen molar-refractivity contribution >= 4 is 16.5 Å². The molecule has 1 fully saturated rings. The summed E-state index contributed by atoms with van der Waals surface area (Å²) in [6.45, 7) is 2.33. The zero-order valence-corrected chi connectivity index (χ0v) is 11.6. The Morgan fingerprint density at radius 1 is 1.16 bits per heavy atom. The lowest BCUT2D eigenvalue weighted by molar-refractivity contribution is 0.328. The van der Waals surface area contributed by atoms with Gasteiger partial charge in [-0.1, -0.05) is 31.4 Å². The first-order valence-electron chi connectivity index (χ1n) is 7.44. The first kappa shape index (κ1) is 12.5. The van der Waals surface area contributed by atoms with E-state index in [9.17, 15) is 0 Å². The van der Waals surface area contributed by atoms with E-state index in [1.165, 1.54) is 48.6 Å². The van der Waals surface area contributed by atoms with E-state index in [0.29, 0.717) is 6.04 Å². The van der Waals surface area contributed by atoms with Crippen LogP contribution in [0.3, 0.4) is 0 Å². The van der Waals surface area contributed by atoms with E-state index in [2.05, 4.69) is 41.5 Å². The van der Waals surface area contributed by atoms with Gasteiger partial charge in [-0.3, -0.25) is 4.98 Å². The molecule has 1 aliphatic carbocycles. The Balaban J connectivity index is 1.80. The summed E-state index contributed by atoms with van der Waals surface area (Å²) in [6.07, 6.45) is 10.8. The average molecular weight is 254 g/mol. The van der Waals surface area contributed by atoms with Crippen LogP contribution in [0.1, 0.15) is 39.0 Å². The molecule has 0 radical (unpaired) electrons. The van der Waals surface area contributed by atoms with Gasteiger partial charge in [0.05, 0.1) is 0 Å². The molecule has 1 N–H and O–H groups in total. The average Bonchev–Trinajstić information content (AvgIpc) is 2.48. The van der Waals surface area contributed by atoms with Crippen LogP contribution in [0.4, 0.5) is 5.69 Å². The van der Waals surface area contributed by atoms with Crippen molar-refractivity contribution in [3.05, 3.63) is 36.7 Å². The molecule has 2 heteroatoms. The van der Waals surface area contributed by atoms with E-state index in [-0.39, 0.29) is 0 Å².